The Morgan fingerprint density at radius 2 is 1.68 bits per heavy atom. The van der Waals surface area contributed by atoms with Gasteiger partial charge in [0, 0.05) is 16.9 Å². The van der Waals surface area contributed by atoms with Crippen LogP contribution in [-0.4, -0.2) is 17.7 Å². The van der Waals surface area contributed by atoms with Crippen LogP contribution in [0.3, 0.4) is 0 Å². The number of imide groups is 1. The first kappa shape index (κ1) is 26.2. The molecule has 0 saturated carbocycles. The number of amides is 3. The Morgan fingerprint density at radius 3 is 2.38 bits per heavy atom. The van der Waals surface area contributed by atoms with Crippen molar-refractivity contribution in [3.8, 4) is 0 Å². The van der Waals surface area contributed by atoms with Gasteiger partial charge >= 0.3 is 0 Å². The first-order valence-electron chi connectivity index (χ1n) is 12.4. The molecule has 6 nitrogen and oxygen atoms in total. The summed E-state index contributed by atoms with van der Waals surface area (Å²) >= 11 is 6.30. The molecule has 1 aliphatic heterocycles. The van der Waals surface area contributed by atoms with Gasteiger partial charge in [0.25, 0.3) is 17.7 Å². The number of nitrogens with one attached hydrogen (secondary N) is 2. The number of aryl methyl sites for hydroxylation is 1. The molecule has 7 heteroatoms. The van der Waals surface area contributed by atoms with Gasteiger partial charge in [-0.15, -0.1) is 0 Å². The number of anilines is 3. The zero-order valence-electron chi connectivity index (χ0n) is 21.2. The minimum Gasteiger partial charge on any atom is -0.350 e. The lowest BCUT2D eigenvalue weighted by molar-refractivity contribution is -0.120. The van der Waals surface area contributed by atoms with Crippen molar-refractivity contribution in [1.29, 1.82) is 0 Å². The topological polar surface area (TPSA) is 78.5 Å². The van der Waals surface area contributed by atoms with Crippen LogP contribution >= 0.6 is 11.6 Å². The van der Waals surface area contributed by atoms with Crippen molar-refractivity contribution >= 4 is 46.4 Å². The van der Waals surface area contributed by atoms with Gasteiger partial charge in [0.05, 0.1) is 5.69 Å². The second kappa shape index (κ2) is 11.4. The van der Waals surface area contributed by atoms with Crippen LogP contribution < -0.4 is 15.5 Å². The van der Waals surface area contributed by atoms with Gasteiger partial charge in [-0.2, -0.15) is 0 Å². The number of benzene rings is 3. The number of halogens is 1. The van der Waals surface area contributed by atoms with Crippen LogP contribution in [0.1, 0.15) is 61.0 Å². The van der Waals surface area contributed by atoms with Gasteiger partial charge < -0.3 is 10.6 Å². The third-order valence-corrected chi connectivity index (χ3v) is 6.62. The quantitative estimate of drug-likeness (QED) is 0.306. The van der Waals surface area contributed by atoms with E-state index in [4.69, 9.17) is 11.6 Å². The molecule has 2 N–H and O–H groups in total. The molecule has 37 heavy (non-hydrogen) atoms. The highest BCUT2D eigenvalue weighted by Gasteiger charge is 2.39. The Balaban J connectivity index is 1.50. The van der Waals surface area contributed by atoms with E-state index in [1.54, 1.807) is 36.4 Å². The molecule has 1 aliphatic rings. The van der Waals surface area contributed by atoms with Crippen LogP contribution in [0.2, 0.25) is 0 Å². The van der Waals surface area contributed by atoms with E-state index in [9.17, 15) is 14.4 Å². The monoisotopic (exact) mass is 515 g/mol. The summed E-state index contributed by atoms with van der Waals surface area (Å²) in [6.07, 6.45) is 3.11. The number of hydrogen-bond acceptors (Lipinski definition) is 4. The van der Waals surface area contributed by atoms with Crippen molar-refractivity contribution in [3.63, 3.8) is 0 Å². The zero-order chi connectivity index (χ0) is 26.5. The number of carbonyl (C=O) groups is 3. The Kier molecular flexibility index (Phi) is 8.09. The van der Waals surface area contributed by atoms with Crippen molar-refractivity contribution in [1.82, 2.24) is 0 Å². The molecular weight excluding hydrogens is 486 g/mol. The van der Waals surface area contributed by atoms with Crippen molar-refractivity contribution in [3.05, 3.63) is 100 Å². The fraction of sp³-hybridized carbons (Fsp3) is 0.233. The van der Waals surface area contributed by atoms with E-state index in [1.165, 1.54) is 0 Å². The lowest BCUT2D eigenvalue weighted by Crippen LogP contribution is -2.32. The molecule has 190 valence electrons. The number of carbonyl (C=O) groups excluding carboxylic acids is 3. The molecule has 1 heterocycles. The van der Waals surface area contributed by atoms with E-state index in [2.05, 4.69) is 31.4 Å². The van der Waals surface area contributed by atoms with E-state index in [1.807, 2.05) is 36.4 Å². The average Bonchev–Trinajstić information content (AvgIpc) is 3.11. The summed E-state index contributed by atoms with van der Waals surface area (Å²) < 4.78 is 0. The van der Waals surface area contributed by atoms with Gasteiger partial charge in [0.1, 0.15) is 10.7 Å². The van der Waals surface area contributed by atoms with E-state index in [0.29, 0.717) is 16.9 Å². The van der Waals surface area contributed by atoms with Gasteiger partial charge in [-0.05, 0) is 66.3 Å². The molecular formula is C30H30ClN3O3. The molecule has 0 unspecified atom stereocenters. The Morgan fingerprint density at radius 1 is 0.946 bits per heavy atom. The van der Waals surface area contributed by atoms with Crippen LogP contribution in [0, 0.1) is 0 Å². The summed E-state index contributed by atoms with van der Waals surface area (Å²) in [7, 11) is 0. The number of hydrogen-bond donors (Lipinski definition) is 2. The summed E-state index contributed by atoms with van der Waals surface area (Å²) in [4.78, 5) is 40.1. The molecule has 0 saturated heterocycles. The van der Waals surface area contributed by atoms with E-state index in [-0.39, 0.29) is 22.6 Å². The van der Waals surface area contributed by atoms with Gasteiger partial charge in [0.15, 0.2) is 0 Å². The molecule has 0 fully saturated rings. The fourth-order valence-corrected chi connectivity index (χ4v) is 4.44. The van der Waals surface area contributed by atoms with Crippen LogP contribution in [0.15, 0.2) is 83.5 Å². The number of para-hydroxylation sites is 1. The minimum absolute atomic E-state index is 0.0237. The predicted octanol–water partition coefficient (Wildman–Crippen LogP) is 6.84. The summed E-state index contributed by atoms with van der Waals surface area (Å²) in [5.41, 5.74) is 4.24. The SMILES string of the molecule is CCCCc1ccc(N2C(=O)C(Cl)=C(Nc3cccc(C(=O)Nc4ccccc4C(C)C)c3)C2=O)cc1. The van der Waals surface area contributed by atoms with Crippen LogP contribution in [0.4, 0.5) is 17.1 Å². The highest BCUT2D eigenvalue weighted by molar-refractivity contribution is 6.53. The Hall–Kier alpha value is -3.90. The summed E-state index contributed by atoms with van der Waals surface area (Å²) in [6, 6.07) is 21.7. The predicted molar refractivity (Wildman–Crippen MR) is 149 cm³/mol. The maximum Gasteiger partial charge on any atom is 0.283 e. The maximum absolute atomic E-state index is 13.2. The van der Waals surface area contributed by atoms with Crippen LogP contribution in [-0.2, 0) is 16.0 Å². The molecule has 0 aromatic heterocycles. The molecule has 0 atom stereocenters. The van der Waals surface area contributed by atoms with Crippen molar-refractivity contribution in [2.75, 3.05) is 15.5 Å². The maximum atomic E-state index is 13.2. The lowest BCUT2D eigenvalue weighted by Gasteiger charge is -2.16. The third kappa shape index (κ3) is 5.75. The third-order valence-electron chi connectivity index (χ3n) is 6.27. The molecule has 0 radical (unpaired) electrons. The highest BCUT2D eigenvalue weighted by atomic mass is 35.5. The van der Waals surface area contributed by atoms with Crippen LogP contribution in [0.5, 0.6) is 0 Å². The second-order valence-corrected chi connectivity index (χ2v) is 9.68. The standard InChI is InChI=1S/C30H30ClN3O3/c1-4-5-9-20-14-16-23(17-15-20)34-29(36)26(31)27(30(34)37)32-22-11-8-10-21(18-22)28(35)33-25-13-7-6-12-24(25)19(2)3/h6-8,10-19,32H,4-5,9H2,1-3H3,(H,33,35). The van der Waals surface area contributed by atoms with Crippen molar-refractivity contribution in [2.24, 2.45) is 0 Å². The summed E-state index contributed by atoms with van der Waals surface area (Å²) in [5.74, 6) is -1.16. The summed E-state index contributed by atoms with van der Waals surface area (Å²) in [5, 5.41) is 5.73. The minimum atomic E-state index is -0.588. The molecule has 0 aliphatic carbocycles. The van der Waals surface area contributed by atoms with Crippen molar-refractivity contribution in [2.45, 2.75) is 46.0 Å². The number of unbranched alkanes of at least 4 members (excludes halogenated alkanes) is 1. The largest absolute Gasteiger partial charge is 0.350 e. The van der Waals surface area contributed by atoms with Gasteiger partial charge in [0.2, 0.25) is 0 Å². The molecule has 0 bridgehead atoms. The normalized spacial score (nSPS) is 13.5. The molecule has 3 aromatic carbocycles. The lowest BCUT2D eigenvalue weighted by atomic mass is 10.0. The first-order valence-corrected chi connectivity index (χ1v) is 12.8. The highest BCUT2D eigenvalue weighted by Crippen LogP contribution is 2.31. The van der Waals surface area contributed by atoms with Crippen LogP contribution in [0.25, 0.3) is 0 Å². The van der Waals surface area contributed by atoms with Gasteiger partial charge in [-0.3, -0.25) is 14.4 Å². The average molecular weight is 516 g/mol. The second-order valence-electron chi connectivity index (χ2n) is 9.31. The number of rotatable bonds is 9. The molecule has 3 amide bonds. The van der Waals surface area contributed by atoms with Gasteiger partial charge in [-0.1, -0.05) is 75.2 Å². The zero-order valence-corrected chi connectivity index (χ0v) is 21.9. The van der Waals surface area contributed by atoms with Gasteiger partial charge in [-0.25, -0.2) is 4.90 Å². The fourth-order valence-electron chi connectivity index (χ4n) is 4.23. The van der Waals surface area contributed by atoms with E-state index < -0.39 is 11.8 Å². The molecule has 4 rings (SSSR count). The first-order chi connectivity index (χ1) is 17.8. The summed E-state index contributed by atoms with van der Waals surface area (Å²) in [6.45, 7) is 6.26. The molecule has 3 aromatic rings. The molecule has 0 spiro atoms. The Bertz CT molecular complexity index is 1360. The van der Waals surface area contributed by atoms with E-state index >= 15 is 0 Å². The number of nitrogens with zero attached hydrogens (tertiary/aromatic N) is 1. The van der Waals surface area contributed by atoms with E-state index in [0.717, 1.165) is 41.0 Å². The van der Waals surface area contributed by atoms with Crippen molar-refractivity contribution < 1.29 is 14.4 Å². The Labute approximate surface area is 222 Å². The smallest absolute Gasteiger partial charge is 0.283 e.